The van der Waals surface area contributed by atoms with Gasteiger partial charge in [0.2, 0.25) is 5.91 Å². The van der Waals surface area contributed by atoms with Crippen LogP contribution in [0.1, 0.15) is 49.7 Å². The highest BCUT2D eigenvalue weighted by Gasteiger charge is 2.50. The van der Waals surface area contributed by atoms with Crippen molar-refractivity contribution in [3.8, 4) is 0 Å². The zero-order valence-electron chi connectivity index (χ0n) is 14.7. The molecular formula is C21H29NOS. The molecule has 4 saturated carbocycles. The second kappa shape index (κ2) is 6.74. The van der Waals surface area contributed by atoms with E-state index in [1.54, 1.807) is 11.8 Å². The van der Waals surface area contributed by atoms with Gasteiger partial charge in [-0.05, 0) is 79.7 Å². The Balaban J connectivity index is 1.23. The van der Waals surface area contributed by atoms with Gasteiger partial charge in [0.1, 0.15) is 0 Å². The molecule has 4 fully saturated rings. The van der Waals surface area contributed by atoms with Crippen LogP contribution in [0, 0.1) is 30.1 Å². The van der Waals surface area contributed by atoms with Crippen molar-refractivity contribution in [3.05, 3.63) is 35.4 Å². The van der Waals surface area contributed by atoms with Gasteiger partial charge in [-0.15, -0.1) is 11.8 Å². The molecule has 4 aliphatic rings. The van der Waals surface area contributed by atoms with Crippen molar-refractivity contribution in [1.82, 2.24) is 5.32 Å². The van der Waals surface area contributed by atoms with Crippen molar-refractivity contribution >= 4 is 17.7 Å². The highest BCUT2D eigenvalue weighted by molar-refractivity contribution is 7.99. The Bertz CT molecular complexity index is 576. The number of hydrogen-bond donors (Lipinski definition) is 1. The van der Waals surface area contributed by atoms with Crippen LogP contribution in [0.25, 0.3) is 0 Å². The van der Waals surface area contributed by atoms with E-state index in [0.29, 0.717) is 11.2 Å². The average molecular weight is 344 g/mol. The normalized spacial score (nSPS) is 33.6. The van der Waals surface area contributed by atoms with Crippen LogP contribution in [0.5, 0.6) is 0 Å². The molecule has 5 rings (SSSR count). The largest absolute Gasteiger partial charge is 0.355 e. The summed E-state index contributed by atoms with van der Waals surface area (Å²) in [5.74, 6) is 4.62. The molecule has 4 bridgehead atoms. The van der Waals surface area contributed by atoms with Crippen molar-refractivity contribution in [1.29, 1.82) is 0 Å². The van der Waals surface area contributed by atoms with Gasteiger partial charge in [0.15, 0.2) is 0 Å². The number of hydrogen-bond acceptors (Lipinski definition) is 2. The molecule has 0 spiro atoms. The second-order valence-corrected chi connectivity index (χ2v) is 9.60. The molecule has 0 atom stereocenters. The average Bonchev–Trinajstić information content (AvgIpc) is 2.54. The highest BCUT2D eigenvalue weighted by Crippen LogP contribution is 2.59. The van der Waals surface area contributed by atoms with Crippen molar-refractivity contribution < 1.29 is 4.79 Å². The number of carbonyl (C=O) groups is 1. The fourth-order valence-electron chi connectivity index (χ4n) is 5.87. The lowest BCUT2D eigenvalue weighted by Gasteiger charge is -2.56. The molecule has 4 aliphatic carbocycles. The molecule has 0 saturated heterocycles. The molecule has 1 N–H and O–H groups in total. The van der Waals surface area contributed by atoms with E-state index in [2.05, 4.69) is 36.5 Å². The van der Waals surface area contributed by atoms with E-state index in [4.69, 9.17) is 0 Å². The molecule has 0 radical (unpaired) electrons. The number of nitrogens with one attached hydrogen (secondary N) is 1. The maximum atomic E-state index is 12.3. The number of rotatable bonds is 6. The third-order valence-electron chi connectivity index (χ3n) is 6.58. The molecule has 24 heavy (non-hydrogen) atoms. The number of amides is 1. The molecule has 0 heterocycles. The number of carbonyl (C=O) groups excluding carboxylic acids is 1. The van der Waals surface area contributed by atoms with Crippen LogP contribution in [0.2, 0.25) is 0 Å². The van der Waals surface area contributed by atoms with Crippen molar-refractivity contribution in [3.63, 3.8) is 0 Å². The predicted molar refractivity (Wildman–Crippen MR) is 101 cm³/mol. The van der Waals surface area contributed by atoms with Crippen LogP contribution in [0.3, 0.4) is 0 Å². The monoisotopic (exact) mass is 343 g/mol. The summed E-state index contributed by atoms with van der Waals surface area (Å²) in [6.07, 6.45) is 8.53. The third kappa shape index (κ3) is 3.51. The lowest BCUT2D eigenvalue weighted by molar-refractivity contribution is -0.120. The lowest BCUT2D eigenvalue weighted by Crippen LogP contribution is -2.51. The number of benzene rings is 1. The molecule has 1 aromatic carbocycles. The topological polar surface area (TPSA) is 29.1 Å². The van der Waals surface area contributed by atoms with Gasteiger partial charge >= 0.3 is 0 Å². The maximum Gasteiger partial charge on any atom is 0.230 e. The van der Waals surface area contributed by atoms with Crippen molar-refractivity contribution in [2.75, 3.05) is 12.3 Å². The molecule has 3 heteroatoms. The lowest BCUT2D eigenvalue weighted by atomic mass is 9.49. The van der Waals surface area contributed by atoms with Gasteiger partial charge in [-0.25, -0.2) is 0 Å². The number of thioether (sulfide) groups is 1. The first kappa shape index (κ1) is 16.5. The van der Waals surface area contributed by atoms with E-state index in [-0.39, 0.29) is 5.91 Å². The standard InChI is InChI=1S/C21H29NOS/c1-15-4-2-3-5-19(15)12-24-13-20(23)22-14-21-9-16-6-17(10-21)8-18(7-16)11-21/h2-5,16-18H,6-14H2,1H3,(H,22,23). The Morgan fingerprint density at radius 2 is 1.75 bits per heavy atom. The summed E-state index contributed by atoms with van der Waals surface area (Å²) < 4.78 is 0. The number of aryl methyl sites for hydroxylation is 1. The van der Waals surface area contributed by atoms with Gasteiger partial charge in [-0.3, -0.25) is 4.79 Å². The van der Waals surface area contributed by atoms with E-state index in [1.807, 2.05) is 0 Å². The molecule has 2 nitrogen and oxygen atoms in total. The van der Waals surface area contributed by atoms with E-state index in [0.717, 1.165) is 30.1 Å². The first-order valence-corrected chi connectivity index (χ1v) is 10.7. The Kier molecular flexibility index (Phi) is 4.64. The first-order valence-electron chi connectivity index (χ1n) is 9.51. The zero-order chi connectivity index (χ0) is 16.6. The van der Waals surface area contributed by atoms with Crippen molar-refractivity contribution in [2.45, 2.75) is 51.2 Å². The van der Waals surface area contributed by atoms with E-state index < -0.39 is 0 Å². The molecule has 1 amide bonds. The summed E-state index contributed by atoms with van der Waals surface area (Å²) in [4.78, 5) is 12.3. The van der Waals surface area contributed by atoms with Crippen LogP contribution in [0.4, 0.5) is 0 Å². The van der Waals surface area contributed by atoms with Gasteiger partial charge < -0.3 is 5.32 Å². The first-order chi connectivity index (χ1) is 11.6. The molecule has 130 valence electrons. The van der Waals surface area contributed by atoms with Gasteiger partial charge in [-0.1, -0.05) is 24.3 Å². The minimum Gasteiger partial charge on any atom is -0.355 e. The smallest absolute Gasteiger partial charge is 0.230 e. The SMILES string of the molecule is Cc1ccccc1CSCC(=O)NCC12CC3CC(CC(C3)C1)C2. The van der Waals surface area contributed by atoms with E-state index in [9.17, 15) is 4.79 Å². The Morgan fingerprint density at radius 1 is 1.12 bits per heavy atom. The fourth-order valence-corrected chi connectivity index (χ4v) is 6.80. The van der Waals surface area contributed by atoms with E-state index in [1.165, 1.54) is 49.7 Å². The van der Waals surface area contributed by atoms with Crippen molar-refractivity contribution in [2.24, 2.45) is 23.2 Å². The van der Waals surface area contributed by atoms with Gasteiger partial charge in [0.05, 0.1) is 5.75 Å². The van der Waals surface area contributed by atoms with E-state index >= 15 is 0 Å². The summed E-state index contributed by atoms with van der Waals surface area (Å²) in [6.45, 7) is 3.07. The predicted octanol–water partition coefficient (Wildman–Crippen LogP) is 4.56. The highest BCUT2D eigenvalue weighted by atomic mass is 32.2. The van der Waals surface area contributed by atoms with Crippen LogP contribution in [-0.4, -0.2) is 18.2 Å². The maximum absolute atomic E-state index is 12.3. The summed E-state index contributed by atoms with van der Waals surface area (Å²) in [5.41, 5.74) is 3.11. The zero-order valence-corrected chi connectivity index (χ0v) is 15.5. The summed E-state index contributed by atoms with van der Waals surface area (Å²) in [7, 11) is 0. The van der Waals surface area contributed by atoms with Gasteiger partial charge in [0, 0.05) is 12.3 Å². The quantitative estimate of drug-likeness (QED) is 0.820. The minimum atomic E-state index is 0.226. The molecule has 0 unspecified atom stereocenters. The Morgan fingerprint density at radius 3 is 2.38 bits per heavy atom. The summed E-state index contributed by atoms with van der Waals surface area (Å²) in [5, 5.41) is 3.28. The minimum absolute atomic E-state index is 0.226. The van der Waals surface area contributed by atoms with Gasteiger partial charge in [0.25, 0.3) is 0 Å². The molecular weight excluding hydrogens is 314 g/mol. The summed E-state index contributed by atoms with van der Waals surface area (Å²) in [6, 6.07) is 8.45. The Hall–Kier alpha value is -0.960. The Labute approximate surface area is 150 Å². The fraction of sp³-hybridized carbons (Fsp3) is 0.667. The molecule has 1 aromatic rings. The van der Waals surface area contributed by atoms with Crippen LogP contribution in [0.15, 0.2) is 24.3 Å². The van der Waals surface area contributed by atoms with Crippen LogP contribution < -0.4 is 5.32 Å². The molecule has 0 aromatic heterocycles. The summed E-state index contributed by atoms with van der Waals surface area (Å²) >= 11 is 1.73. The van der Waals surface area contributed by atoms with Crippen LogP contribution in [-0.2, 0) is 10.5 Å². The third-order valence-corrected chi connectivity index (χ3v) is 7.56. The van der Waals surface area contributed by atoms with Gasteiger partial charge in [-0.2, -0.15) is 0 Å². The molecule has 0 aliphatic heterocycles. The second-order valence-electron chi connectivity index (χ2n) is 8.61. The van der Waals surface area contributed by atoms with Crippen LogP contribution >= 0.6 is 11.8 Å².